The van der Waals surface area contributed by atoms with E-state index in [9.17, 15) is 9.18 Å². The van der Waals surface area contributed by atoms with Gasteiger partial charge in [0.05, 0.1) is 5.88 Å². The number of carbonyl (C=O) groups is 1. The van der Waals surface area contributed by atoms with E-state index in [1.165, 1.54) is 18.2 Å². The zero-order chi connectivity index (χ0) is 9.68. The zero-order valence-electron chi connectivity index (χ0n) is 6.84. The Morgan fingerprint density at radius 1 is 1.38 bits per heavy atom. The highest BCUT2D eigenvalue weighted by atomic mass is 35.5. The first-order chi connectivity index (χ1) is 6.22. The molecular formula is C10H8ClFO. The van der Waals surface area contributed by atoms with Crippen LogP contribution in [0.2, 0.25) is 0 Å². The molecule has 0 heterocycles. The lowest BCUT2D eigenvalue weighted by atomic mass is 10.2. The average molecular weight is 199 g/mol. The molecule has 0 amide bonds. The van der Waals surface area contributed by atoms with Gasteiger partial charge in [0, 0.05) is 0 Å². The Hall–Kier alpha value is -1.15. The predicted molar refractivity (Wildman–Crippen MR) is 51.2 cm³/mol. The van der Waals surface area contributed by atoms with Crippen LogP contribution < -0.4 is 0 Å². The first-order valence-electron chi connectivity index (χ1n) is 3.75. The van der Waals surface area contributed by atoms with Crippen molar-refractivity contribution in [2.24, 2.45) is 0 Å². The number of ketones is 1. The molecule has 68 valence electrons. The van der Waals surface area contributed by atoms with Crippen molar-refractivity contribution in [3.05, 3.63) is 41.7 Å². The van der Waals surface area contributed by atoms with E-state index < -0.39 is 0 Å². The largest absolute Gasteiger partial charge is 0.294 e. The van der Waals surface area contributed by atoms with Gasteiger partial charge in [-0.1, -0.05) is 18.2 Å². The highest BCUT2D eigenvalue weighted by Crippen LogP contribution is 2.04. The van der Waals surface area contributed by atoms with Gasteiger partial charge in [0.15, 0.2) is 5.78 Å². The summed E-state index contributed by atoms with van der Waals surface area (Å²) in [5.74, 6) is -0.482. The van der Waals surface area contributed by atoms with Gasteiger partial charge in [-0.15, -0.1) is 11.6 Å². The van der Waals surface area contributed by atoms with E-state index in [1.54, 1.807) is 18.2 Å². The Balaban J connectivity index is 2.69. The Labute approximate surface area is 80.8 Å². The smallest absolute Gasteiger partial charge is 0.170 e. The van der Waals surface area contributed by atoms with Crippen molar-refractivity contribution < 1.29 is 9.18 Å². The van der Waals surface area contributed by atoms with E-state index in [4.69, 9.17) is 11.6 Å². The van der Waals surface area contributed by atoms with Gasteiger partial charge >= 0.3 is 0 Å². The van der Waals surface area contributed by atoms with Gasteiger partial charge in [-0.05, 0) is 23.8 Å². The molecule has 1 aromatic rings. The second kappa shape index (κ2) is 4.77. The lowest BCUT2D eigenvalue weighted by Gasteiger charge is -1.91. The molecule has 0 atom stereocenters. The molecule has 13 heavy (non-hydrogen) atoms. The van der Waals surface area contributed by atoms with E-state index >= 15 is 0 Å². The van der Waals surface area contributed by atoms with Gasteiger partial charge in [-0.25, -0.2) is 4.39 Å². The average Bonchev–Trinajstić information content (AvgIpc) is 2.16. The molecule has 0 aromatic heterocycles. The summed E-state index contributed by atoms with van der Waals surface area (Å²) in [7, 11) is 0. The molecule has 0 unspecified atom stereocenters. The van der Waals surface area contributed by atoms with Gasteiger partial charge in [-0.2, -0.15) is 0 Å². The van der Waals surface area contributed by atoms with Crippen molar-refractivity contribution in [2.75, 3.05) is 5.88 Å². The van der Waals surface area contributed by atoms with E-state index in [0.717, 1.165) is 5.56 Å². The maximum atomic E-state index is 12.4. The number of hydrogen-bond donors (Lipinski definition) is 0. The summed E-state index contributed by atoms with van der Waals surface area (Å²) in [5, 5.41) is 0. The topological polar surface area (TPSA) is 17.1 Å². The summed E-state index contributed by atoms with van der Waals surface area (Å²) in [6.45, 7) is 0. The lowest BCUT2D eigenvalue weighted by Crippen LogP contribution is -1.91. The molecule has 0 saturated carbocycles. The summed E-state index contributed by atoms with van der Waals surface area (Å²) in [6.07, 6.45) is 2.98. The Bertz CT molecular complexity index is 316. The summed E-state index contributed by atoms with van der Waals surface area (Å²) in [4.78, 5) is 10.8. The molecular weight excluding hydrogens is 191 g/mol. The van der Waals surface area contributed by atoms with Crippen LogP contribution in [0.1, 0.15) is 5.56 Å². The van der Waals surface area contributed by atoms with Gasteiger partial charge in [0.2, 0.25) is 0 Å². The summed E-state index contributed by atoms with van der Waals surface area (Å²) >= 11 is 5.28. The molecule has 1 nitrogen and oxygen atoms in total. The summed E-state index contributed by atoms with van der Waals surface area (Å²) < 4.78 is 12.4. The van der Waals surface area contributed by atoms with Crippen LogP contribution in [0, 0.1) is 5.82 Å². The molecule has 1 aromatic carbocycles. The number of allylic oxidation sites excluding steroid dienone is 1. The van der Waals surface area contributed by atoms with Gasteiger partial charge in [0.25, 0.3) is 0 Å². The number of halogens is 2. The monoisotopic (exact) mass is 198 g/mol. The van der Waals surface area contributed by atoms with Crippen LogP contribution in [0.25, 0.3) is 6.08 Å². The number of hydrogen-bond acceptors (Lipinski definition) is 1. The van der Waals surface area contributed by atoms with Crippen molar-refractivity contribution in [1.29, 1.82) is 0 Å². The van der Waals surface area contributed by atoms with Crippen molar-refractivity contribution in [3.63, 3.8) is 0 Å². The van der Waals surface area contributed by atoms with Crippen molar-refractivity contribution >= 4 is 23.5 Å². The molecule has 3 heteroatoms. The minimum absolute atomic E-state index is 0.0301. The quantitative estimate of drug-likeness (QED) is 0.539. The molecule has 0 radical (unpaired) electrons. The van der Waals surface area contributed by atoms with Crippen molar-refractivity contribution in [3.8, 4) is 0 Å². The third kappa shape index (κ3) is 3.38. The summed E-state index contributed by atoms with van der Waals surface area (Å²) in [6, 6.07) is 5.86. The first kappa shape index (κ1) is 9.93. The SMILES string of the molecule is O=C(C=Cc1ccc(F)cc1)CCl. The fourth-order valence-corrected chi connectivity index (χ4v) is 0.897. The standard InChI is InChI=1S/C10H8ClFO/c11-7-10(13)6-3-8-1-4-9(12)5-2-8/h1-6H,7H2. The maximum Gasteiger partial charge on any atom is 0.170 e. The van der Waals surface area contributed by atoms with Crippen LogP contribution in [0.4, 0.5) is 4.39 Å². The van der Waals surface area contributed by atoms with Gasteiger partial charge in [-0.3, -0.25) is 4.79 Å². The number of carbonyl (C=O) groups excluding carboxylic acids is 1. The van der Waals surface area contributed by atoms with Crippen LogP contribution in [-0.2, 0) is 4.79 Å². The van der Waals surface area contributed by atoms with Crippen LogP contribution in [0.15, 0.2) is 30.3 Å². The highest BCUT2D eigenvalue weighted by molar-refractivity contribution is 6.29. The maximum absolute atomic E-state index is 12.4. The second-order valence-electron chi connectivity index (χ2n) is 2.48. The van der Waals surface area contributed by atoms with E-state index in [1.807, 2.05) is 0 Å². The predicted octanol–water partition coefficient (Wildman–Crippen LogP) is 2.65. The molecule has 0 fully saturated rings. The van der Waals surface area contributed by atoms with Gasteiger partial charge in [0.1, 0.15) is 5.82 Å². The molecule has 1 rings (SSSR count). The lowest BCUT2D eigenvalue weighted by molar-refractivity contribution is -0.112. The van der Waals surface area contributed by atoms with Crippen LogP contribution in [0.5, 0.6) is 0 Å². The third-order valence-electron chi connectivity index (χ3n) is 1.46. The van der Waals surface area contributed by atoms with Crippen LogP contribution in [-0.4, -0.2) is 11.7 Å². The molecule has 0 N–H and O–H groups in total. The molecule has 0 aliphatic heterocycles. The van der Waals surface area contributed by atoms with Crippen LogP contribution >= 0.6 is 11.6 Å². The number of benzene rings is 1. The van der Waals surface area contributed by atoms with Crippen LogP contribution in [0.3, 0.4) is 0 Å². The number of rotatable bonds is 3. The fourth-order valence-electron chi connectivity index (χ4n) is 0.808. The highest BCUT2D eigenvalue weighted by Gasteiger charge is 1.92. The van der Waals surface area contributed by atoms with Crippen molar-refractivity contribution in [1.82, 2.24) is 0 Å². The Kier molecular flexibility index (Phi) is 3.65. The minimum Gasteiger partial charge on any atom is -0.294 e. The van der Waals surface area contributed by atoms with E-state index in [-0.39, 0.29) is 17.5 Å². The molecule has 0 spiro atoms. The van der Waals surface area contributed by atoms with E-state index in [0.29, 0.717) is 0 Å². The second-order valence-corrected chi connectivity index (χ2v) is 2.75. The van der Waals surface area contributed by atoms with E-state index in [2.05, 4.69) is 0 Å². The van der Waals surface area contributed by atoms with Gasteiger partial charge < -0.3 is 0 Å². The first-order valence-corrected chi connectivity index (χ1v) is 4.28. The summed E-state index contributed by atoms with van der Waals surface area (Å²) in [5.41, 5.74) is 0.778. The Morgan fingerprint density at radius 2 is 2.00 bits per heavy atom. The molecule has 0 saturated heterocycles. The zero-order valence-corrected chi connectivity index (χ0v) is 7.59. The number of alkyl halides is 1. The third-order valence-corrected chi connectivity index (χ3v) is 1.73. The van der Waals surface area contributed by atoms with Crippen molar-refractivity contribution in [2.45, 2.75) is 0 Å². The molecule has 0 aliphatic carbocycles. The molecule has 0 bridgehead atoms. The minimum atomic E-state index is -0.291. The fraction of sp³-hybridized carbons (Fsp3) is 0.100. The molecule has 0 aliphatic rings. The Morgan fingerprint density at radius 3 is 2.54 bits per heavy atom. The normalized spacial score (nSPS) is 10.6.